The summed E-state index contributed by atoms with van der Waals surface area (Å²) in [6, 6.07) is 13.2. The van der Waals surface area contributed by atoms with E-state index in [-0.39, 0.29) is 0 Å². The monoisotopic (exact) mass is 302 g/mol. The van der Waals surface area contributed by atoms with Crippen LogP contribution in [-0.2, 0) is 0 Å². The minimum absolute atomic E-state index is 0.550. The van der Waals surface area contributed by atoms with Crippen LogP contribution >= 0.6 is 11.8 Å². The average Bonchev–Trinajstić information content (AvgIpc) is 2.94. The minimum Gasteiger partial charge on any atom is -0.117 e. The maximum absolute atomic E-state index is 3.99. The van der Waals surface area contributed by atoms with E-state index < -0.39 is 0 Å². The van der Waals surface area contributed by atoms with Gasteiger partial charge in [-0.25, -0.2) is 0 Å². The third-order valence-electron chi connectivity index (χ3n) is 4.46. The zero-order valence-electron chi connectivity index (χ0n) is 12.7. The molecule has 0 amide bonds. The first-order valence-electron chi connectivity index (χ1n) is 7.72. The smallest absolute Gasteiger partial charge is 0.0392 e. The van der Waals surface area contributed by atoms with Gasteiger partial charge in [-0.3, -0.25) is 0 Å². The molecule has 0 bridgehead atoms. The predicted molar refractivity (Wildman–Crippen MR) is 98.2 cm³/mol. The fourth-order valence-corrected chi connectivity index (χ4v) is 4.86. The van der Waals surface area contributed by atoms with E-state index in [1.165, 1.54) is 37.6 Å². The Bertz CT molecular complexity index is 915. The first-order chi connectivity index (χ1) is 10.8. The molecule has 2 aromatic rings. The molecular weight excluding hydrogens is 284 g/mol. The quantitative estimate of drug-likeness (QED) is 0.800. The minimum atomic E-state index is 0.550. The van der Waals surface area contributed by atoms with Crippen molar-refractivity contribution in [1.82, 2.24) is 0 Å². The SMILES string of the molecule is C=Cc1ccc2c(c1/C=C\C)C1=c3ccccc3=CCC1S2. The van der Waals surface area contributed by atoms with Gasteiger partial charge in [-0.2, -0.15) is 0 Å². The van der Waals surface area contributed by atoms with Gasteiger partial charge in [0.15, 0.2) is 0 Å². The molecule has 2 aliphatic rings. The fraction of sp³-hybridized carbons (Fsp3) is 0.143. The highest BCUT2D eigenvalue weighted by molar-refractivity contribution is 8.00. The van der Waals surface area contributed by atoms with Crippen LogP contribution in [0.1, 0.15) is 30.0 Å². The maximum atomic E-state index is 3.99. The molecule has 0 spiro atoms. The number of benzene rings is 2. The average molecular weight is 302 g/mol. The lowest BCUT2D eigenvalue weighted by Crippen LogP contribution is -2.32. The first kappa shape index (κ1) is 13.7. The second kappa shape index (κ2) is 5.33. The lowest BCUT2D eigenvalue weighted by atomic mass is 9.88. The molecule has 2 aromatic carbocycles. The topological polar surface area (TPSA) is 0 Å². The number of hydrogen-bond acceptors (Lipinski definition) is 1. The molecule has 0 N–H and O–H groups in total. The van der Waals surface area contributed by atoms with Crippen LogP contribution in [0.4, 0.5) is 0 Å². The number of hydrogen-bond donors (Lipinski definition) is 0. The number of allylic oxidation sites excluding steroid dienone is 1. The Morgan fingerprint density at radius 2 is 2.05 bits per heavy atom. The van der Waals surface area contributed by atoms with Crippen molar-refractivity contribution >= 4 is 35.6 Å². The predicted octanol–water partition coefficient (Wildman–Crippen LogP) is 4.22. The lowest BCUT2D eigenvalue weighted by molar-refractivity contribution is 1.11. The molecule has 0 nitrogen and oxygen atoms in total. The summed E-state index contributed by atoms with van der Waals surface area (Å²) in [6.07, 6.45) is 9.82. The Morgan fingerprint density at radius 3 is 2.86 bits per heavy atom. The van der Waals surface area contributed by atoms with Crippen LogP contribution in [0.2, 0.25) is 0 Å². The molecule has 1 heteroatoms. The summed E-state index contributed by atoms with van der Waals surface area (Å²) in [5.74, 6) is 0. The molecule has 108 valence electrons. The summed E-state index contributed by atoms with van der Waals surface area (Å²) >= 11 is 2.01. The van der Waals surface area contributed by atoms with Gasteiger partial charge in [0, 0.05) is 15.7 Å². The van der Waals surface area contributed by atoms with Gasteiger partial charge in [-0.15, -0.1) is 11.8 Å². The second-order valence-electron chi connectivity index (χ2n) is 5.69. The van der Waals surface area contributed by atoms with E-state index in [1.807, 2.05) is 17.8 Å². The molecular formula is C21H18S. The number of thioether (sulfide) groups is 1. The van der Waals surface area contributed by atoms with E-state index in [2.05, 4.69) is 68.1 Å². The molecule has 1 heterocycles. The Kier molecular flexibility index (Phi) is 3.31. The van der Waals surface area contributed by atoms with Gasteiger partial charge in [-0.05, 0) is 46.5 Å². The maximum Gasteiger partial charge on any atom is 0.0392 e. The zero-order chi connectivity index (χ0) is 15.1. The van der Waals surface area contributed by atoms with E-state index in [0.29, 0.717) is 5.25 Å². The normalized spacial score (nSPS) is 18.6. The molecule has 1 unspecified atom stereocenters. The molecule has 22 heavy (non-hydrogen) atoms. The summed E-state index contributed by atoms with van der Waals surface area (Å²) in [6.45, 7) is 6.07. The molecule has 1 aliphatic heterocycles. The molecule has 0 saturated carbocycles. The highest BCUT2D eigenvalue weighted by Gasteiger charge is 2.31. The van der Waals surface area contributed by atoms with Crippen LogP contribution < -0.4 is 10.4 Å². The van der Waals surface area contributed by atoms with Gasteiger partial charge in [-0.1, -0.05) is 61.2 Å². The lowest BCUT2D eigenvalue weighted by Gasteiger charge is -2.16. The zero-order valence-corrected chi connectivity index (χ0v) is 13.5. The Hall–Kier alpha value is -1.99. The van der Waals surface area contributed by atoms with E-state index >= 15 is 0 Å². The Balaban J connectivity index is 2.15. The number of fused-ring (bicyclic) bond motifs is 4. The Labute approximate surface area is 135 Å². The fourth-order valence-electron chi connectivity index (χ4n) is 3.52. The van der Waals surface area contributed by atoms with Crippen molar-refractivity contribution in [3.05, 3.63) is 76.2 Å². The molecule has 1 aliphatic carbocycles. The molecule has 0 radical (unpaired) electrons. The molecule has 4 rings (SSSR count). The van der Waals surface area contributed by atoms with Crippen LogP contribution in [0.5, 0.6) is 0 Å². The molecule has 1 atom stereocenters. The third kappa shape index (κ3) is 1.93. The summed E-state index contributed by atoms with van der Waals surface area (Å²) in [5.41, 5.74) is 5.47. The van der Waals surface area contributed by atoms with Crippen LogP contribution in [0, 0.1) is 0 Å². The Morgan fingerprint density at radius 1 is 1.18 bits per heavy atom. The largest absolute Gasteiger partial charge is 0.117 e. The van der Waals surface area contributed by atoms with Crippen LogP contribution in [-0.4, -0.2) is 5.25 Å². The summed E-state index contributed by atoms with van der Waals surface area (Å²) in [5, 5.41) is 3.32. The van der Waals surface area contributed by atoms with Crippen molar-refractivity contribution in [2.24, 2.45) is 0 Å². The van der Waals surface area contributed by atoms with Gasteiger partial charge in [0.05, 0.1) is 0 Å². The van der Waals surface area contributed by atoms with Crippen LogP contribution in [0.3, 0.4) is 0 Å². The van der Waals surface area contributed by atoms with Crippen molar-refractivity contribution in [1.29, 1.82) is 0 Å². The molecule has 0 saturated heterocycles. The number of rotatable bonds is 2. The molecule has 0 fully saturated rings. The highest BCUT2D eigenvalue weighted by Crippen LogP contribution is 2.48. The van der Waals surface area contributed by atoms with Gasteiger partial charge in [0.1, 0.15) is 0 Å². The van der Waals surface area contributed by atoms with Crippen molar-refractivity contribution in [3.8, 4) is 0 Å². The van der Waals surface area contributed by atoms with E-state index in [0.717, 1.165) is 6.42 Å². The van der Waals surface area contributed by atoms with Crippen molar-refractivity contribution in [2.75, 3.05) is 0 Å². The van der Waals surface area contributed by atoms with E-state index in [1.54, 1.807) is 0 Å². The third-order valence-corrected chi connectivity index (χ3v) is 5.76. The van der Waals surface area contributed by atoms with Crippen molar-refractivity contribution < 1.29 is 0 Å². The van der Waals surface area contributed by atoms with Gasteiger partial charge in [0.25, 0.3) is 0 Å². The summed E-state index contributed by atoms with van der Waals surface area (Å²) in [7, 11) is 0. The molecule has 0 aromatic heterocycles. The standard InChI is InChI=1S/C21H18S/c1-3-7-16-14(4-2)10-12-18-20(16)21-17-9-6-5-8-15(17)11-13-19(21)22-18/h3-12,19H,2,13H2,1H3/b7-3-. The second-order valence-corrected chi connectivity index (χ2v) is 6.94. The van der Waals surface area contributed by atoms with Gasteiger partial charge < -0.3 is 0 Å². The highest BCUT2D eigenvalue weighted by atomic mass is 32.2. The van der Waals surface area contributed by atoms with Crippen LogP contribution in [0.15, 0.2) is 53.9 Å². The van der Waals surface area contributed by atoms with E-state index in [4.69, 9.17) is 0 Å². The van der Waals surface area contributed by atoms with Crippen molar-refractivity contribution in [2.45, 2.75) is 23.5 Å². The van der Waals surface area contributed by atoms with Crippen molar-refractivity contribution in [3.63, 3.8) is 0 Å². The van der Waals surface area contributed by atoms with E-state index in [9.17, 15) is 0 Å². The first-order valence-corrected chi connectivity index (χ1v) is 8.60. The summed E-state index contributed by atoms with van der Waals surface area (Å²) < 4.78 is 0. The van der Waals surface area contributed by atoms with Gasteiger partial charge >= 0.3 is 0 Å². The summed E-state index contributed by atoms with van der Waals surface area (Å²) in [4.78, 5) is 1.41. The van der Waals surface area contributed by atoms with Crippen LogP contribution in [0.25, 0.3) is 23.8 Å². The van der Waals surface area contributed by atoms with Gasteiger partial charge in [0.2, 0.25) is 0 Å².